The second-order valence-corrected chi connectivity index (χ2v) is 10.1. The topological polar surface area (TPSA) is 115 Å². The number of aromatic carboxylic acids is 2. The van der Waals surface area contributed by atoms with Crippen LogP contribution in [0.15, 0.2) is 12.1 Å². The highest BCUT2D eigenvalue weighted by atomic mass is 16.4. The predicted molar refractivity (Wildman–Crippen MR) is 122 cm³/mol. The van der Waals surface area contributed by atoms with Gasteiger partial charge in [0.05, 0.1) is 11.1 Å². The molecule has 32 heavy (non-hydrogen) atoms. The molecule has 2 unspecified atom stereocenters. The van der Waals surface area contributed by atoms with Crippen LogP contribution in [0.3, 0.4) is 0 Å². The van der Waals surface area contributed by atoms with Crippen LogP contribution in [-0.2, 0) is 0 Å². The van der Waals surface area contributed by atoms with Gasteiger partial charge in [-0.1, -0.05) is 19.9 Å². The van der Waals surface area contributed by atoms with Gasteiger partial charge in [-0.2, -0.15) is 0 Å². The smallest absolute Gasteiger partial charge is 0.336 e. The summed E-state index contributed by atoms with van der Waals surface area (Å²) in [7, 11) is 0. The first-order chi connectivity index (χ1) is 15.3. The first-order valence-corrected chi connectivity index (χ1v) is 12.1. The molecule has 0 aromatic heterocycles. The zero-order chi connectivity index (χ0) is 23.4. The molecular formula is C26H38O6. The summed E-state index contributed by atoms with van der Waals surface area (Å²) in [5.41, 5.74) is 1.48. The van der Waals surface area contributed by atoms with Crippen molar-refractivity contribution in [3.8, 4) is 0 Å². The predicted octanol–water partition coefficient (Wildman–Crippen LogP) is 4.89. The summed E-state index contributed by atoms with van der Waals surface area (Å²) >= 11 is 0. The highest BCUT2D eigenvalue weighted by molar-refractivity contribution is 5.98. The molecule has 1 aromatic carbocycles. The van der Waals surface area contributed by atoms with E-state index in [1.807, 2.05) is 6.92 Å². The van der Waals surface area contributed by atoms with Crippen molar-refractivity contribution in [2.45, 2.75) is 77.0 Å². The molecule has 3 rings (SSSR count). The minimum absolute atomic E-state index is 0.0136. The van der Waals surface area contributed by atoms with E-state index >= 15 is 0 Å². The summed E-state index contributed by atoms with van der Waals surface area (Å²) in [5, 5.41) is 39.0. The van der Waals surface area contributed by atoms with Gasteiger partial charge in [0, 0.05) is 13.2 Å². The summed E-state index contributed by atoms with van der Waals surface area (Å²) in [6.07, 6.45) is 7.30. The van der Waals surface area contributed by atoms with Crippen LogP contribution in [0.5, 0.6) is 0 Å². The lowest BCUT2D eigenvalue weighted by Gasteiger charge is -2.35. The average molecular weight is 447 g/mol. The molecule has 0 saturated heterocycles. The van der Waals surface area contributed by atoms with E-state index in [4.69, 9.17) is 0 Å². The summed E-state index contributed by atoms with van der Waals surface area (Å²) in [6, 6.07) is 3.32. The number of carboxylic acids is 2. The third-order valence-corrected chi connectivity index (χ3v) is 8.38. The normalized spacial score (nSPS) is 28.1. The van der Waals surface area contributed by atoms with E-state index < -0.39 is 11.9 Å². The fourth-order valence-corrected chi connectivity index (χ4v) is 6.15. The molecule has 2 aliphatic carbocycles. The van der Waals surface area contributed by atoms with Gasteiger partial charge in [-0.15, -0.1) is 0 Å². The van der Waals surface area contributed by atoms with Gasteiger partial charge >= 0.3 is 11.9 Å². The summed E-state index contributed by atoms with van der Waals surface area (Å²) < 4.78 is 0. The van der Waals surface area contributed by atoms with Crippen LogP contribution in [-0.4, -0.2) is 45.6 Å². The van der Waals surface area contributed by atoms with Crippen molar-refractivity contribution < 1.29 is 30.0 Å². The highest BCUT2D eigenvalue weighted by Gasteiger charge is 2.35. The Kier molecular flexibility index (Phi) is 8.34. The Morgan fingerprint density at radius 3 is 1.66 bits per heavy atom. The van der Waals surface area contributed by atoms with E-state index in [1.54, 1.807) is 12.1 Å². The largest absolute Gasteiger partial charge is 0.478 e. The van der Waals surface area contributed by atoms with Crippen LogP contribution in [0.4, 0.5) is 0 Å². The molecule has 0 radical (unpaired) electrons. The van der Waals surface area contributed by atoms with Gasteiger partial charge in [-0.25, -0.2) is 9.59 Å². The van der Waals surface area contributed by atoms with E-state index in [0.717, 1.165) is 56.9 Å². The second-order valence-electron chi connectivity index (χ2n) is 10.1. The van der Waals surface area contributed by atoms with Gasteiger partial charge in [0.1, 0.15) is 0 Å². The standard InChI is InChI=1S/C26H38O6/c1-15(19-7-3-17(13-27)4-8-19)21-11-12-22(25(29)30)23(24(21)26(31)32)16(2)20-9-5-18(14-28)6-10-20/h11-12,15-20,27-28H,3-10,13-14H2,1-2H3,(H,29,30)(H,31,32). The minimum Gasteiger partial charge on any atom is -0.478 e. The summed E-state index contributed by atoms with van der Waals surface area (Å²) in [6.45, 7) is 4.41. The summed E-state index contributed by atoms with van der Waals surface area (Å²) in [4.78, 5) is 24.6. The van der Waals surface area contributed by atoms with E-state index in [2.05, 4.69) is 6.92 Å². The van der Waals surface area contributed by atoms with Crippen molar-refractivity contribution in [3.05, 3.63) is 34.4 Å². The van der Waals surface area contributed by atoms with Crippen LogP contribution in [0.2, 0.25) is 0 Å². The summed E-state index contributed by atoms with van der Waals surface area (Å²) in [5.74, 6) is -1.14. The number of hydrogen-bond acceptors (Lipinski definition) is 4. The molecule has 6 heteroatoms. The first-order valence-electron chi connectivity index (χ1n) is 12.1. The van der Waals surface area contributed by atoms with Crippen LogP contribution in [0.1, 0.15) is 109 Å². The number of carbonyl (C=O) groups is 2. The Labute approximate surface area is 190 Å². The number of rotatable bonds is 8. The zero-order valence-electron chi connectivity index (χ0n) is 19.3. The Hall–Kier alpha value is -1.92. The van der Waals surface area contributed by atoms with E-state index in [1.165, 1.54) is 0 Å². The fourth-order valence-electron chi connectivity index (χ4n) is 6.15. The van der Waals surface area contributed by atoms with Gasteiger partial charge in [-0.05, 0) is 104 Å². The van der Waals surface area contributed by atoms with Crippen LogP contribution < -0.4 is 0 Å². The van der Waals surface area contributed by atoms with Crippen molar-refractivity contribution in [2.24, 2.45) is 23.7 Å². The van der Waals surface area contributed by atoms with E-state index in [0.29, 0.717) is 17.4 Å². The molecule has 2 atom stereocenters. The molecule has 178 valence electrons. The number of aliphatic hydroxyl groups excluding tert-OH is 2. The third kappa shape index (κ3) is 5.18. The molecular weight excluding hydrogens is 408 g/mol. The maximum atomic E-state index is 12.5. The number of carboxylic acid groups (broad SMARTS) is 2. The quantitative estimate of drug-likeness (QED) is 0.452. The molecule has 0 aliphatic heterocycles. The van der Waals surface area contributed by atoms with Gasteiger partial charge in [0.2, 0.25) is 0 Å². The Morgan fingerprint density at radius 1 is 0.781 bits per heavy atom. The average Bonchev–Trinajstić information content (AvgIpc) is 2.82. The molecule has 4 N–H and O–H groups in total. The number of benzene rings is 1. The zero-order valence-corrected chi connectivity index (χ0v) is 19.3. The molecule has 0 spiro atoms. The molecule has 2 saturated carbocycles. The monoisotopic (exact) mass is 446 g/mol. The Bertz CT molecular complexity index is 803. The van der Waals surface area contributed by atoms with Crippen molar-refractivity contribution in [1.82, 2.24) is 0 Å². The van der Waals surface area contributed by atoms with Crippen LogP contribution in [0, 0.1) is 23.7 Å². The lowest BCUT2D eigenvalue weighted by atomic mass is 9.69. The highest BCUT2D eigenvalue weighted by Crippen LogP contribution is 2.44. The molecule has 0 amide bonds. The van der Waals surface area contributed by atoms with Crippen LogP contribution in [0.25, 0.3) is 0 Å². The third-order valence-electron chi connectivity index (χ3n) is 8.38. The molecule has 2 aliphatic rings. The van der Waals surface area contributed by atoms with Gasteiger partial charge < -0.3 is 20.4 Å². The lowest BCUT2D eigenvalue weighted by Crippen LogP contribution is -2.26. The maximum absolute atomic E-state index is 12.5. The minimum atomic E-state index is -1.08. The molecule has 1 aromatic rings. The number of hydrogen-bond donors (Lipinski definition) is 4. The maximum Gasteiger partial charge on any atom is 0.336 e. The lowest BCUT2D eigenvalue weighted by molar-refractivity contribution is 0.0690. The Balaban J connectivity index is 1.98. The molecule has 6 nitrogen and oxygen atoms in total. The van der Waals surface area contributed by atoms with E-state index in [-0.39, 0.29) is 48.0 Å². The fraction of sp³-hybridized carbons (Fsp3) is 0.692. The van der Waals surface area contributed by atoms with E-state index in [9.17, 15) is 30.0 Å². The second kappa shape index (κ2) is 10.8. The van der Waals surface area contributed by atoms with Crippen molar-refractivity contribution in [2.75, 3.05) is 13.2 Å². The Morgan fingerprint density at radius 2 is 1.25 bits per heavy atom. The van der Waals surface area contributed by atoms with Gasteiger partial charge in [-0.3, -0.25) is 0 Å². The molecule has 0 heterocycles. The van der Waals surface area contributed by atoms with Gasteiger partial charge in [0.25, 0.3) is 0 Å². The van der Waals surface area contributed by atoms with Crippen molar-refractivity contribution in [3.63, 3.8) is 0 Å². The SMILES string of the molecule is CC(c1ccc(C(=O)O)c(C(C)C2CCC(CO)CC2)c1C(=O)O)C1CCC(CO)CC1. The molecule has 0 bridgehead atoms. The van der Waals surface area contributed by atoms with Gasteiger partial charge in [0.15, 0.2) is 0 Å². The van der Waals surface area contributed by atoms with Crippen molar-refractivity contribution >= 4 is 11.9 Å². The number of aliphatic hydroxyl groups is 2. The van der Waals surface area contributed by atoms with Crippen molar-refractivity contribution in [1.29, 1.82) is 0 Å². The van der Waals surface area contributed by atoms with Crippen LogP contribution >= 0.6 is 0 Å². The first kappa shape index (κ1) is 24.7. The molecule has 2 fully saturated rings.